The molecule has 1 unspecified atom stereocenters. The molecular formula is C17H14Cl3NO4. The van der Waals surface area contributed by atoms with E-state index in [1.807, 2.05) is 0 Å². The second-order valence-corrected chi connectivity index (χ2v) is 6.26. The predicted molar refractivity (Wildman–Crippen MR) is 98.0 cm³/mol. The van der Waals surface area contributed by atoms with Crippen molar-refractivity contribution in [1.29, 1.82) is 0 Å². The van der Waals surface area contributed by atoms with E-state index in [1.165, 1.54) is 31.4 Å². The van der Waals surface area contributed by atoms with E-state index in [0.717, 1.165) is 0 Å². The van der Waals surface area contributed by atoms with Crippen LogP contribution in [-0.2, 0) is 9.53 Å². The van der Waals surface area contributed by atoms with Gasteiger partial charge in [-0.15, -0.1) is 0 Å². The summed E-state index contributed by atoms with van der Waals surface area (Å²) in [6.45, 7) is 1.55. The number of methoxy groups -OCH3 is 1. The minimum atomic E-state index is -0.864. The number of hydrogen-bond acceptors (Lipinski definition) is 4. The van der Waals surface area contributed by atoms with Crippen molar-refractivity contribution in [2.75, 3.05) is 12.4 Å². The Kier molecular flexibility index (Phi) is 6.53. The third kappa shape index (κ3) is 5.01. The van der Waals surface area contributed by atoms with Crippen LogP contribution in [0.25, 0.3) is 0 Å². The lowest BCUT2D eigenvalue weighted by atomic mass is 10.2. The Morgan fingerprint density at radius 2 is 1.76 bits per heavy atom. The van der Waals surface area contributed by atoms with Gasteiger partial charge in [0, 0.05) is 5.02 Å². The number of hydrogen-bond donors (Lipinski definition) is 1. The van der Waals surface area contributed by atoms with Gasteiger partial charge in [-0.3, -0.25) is 4.79 Å². The summed E-state index contributed by atoms with van der Waals surface area (Å²) in [5, 5.41) is 3.63. The Bertz CT molecular complexity index is 810. The van der Waals surface area contributed by atoms with Gasteiger partial charge in [-0.25, -0.2) is 4.79 Å². The van der Waals surface area contributed by atoms with Crippen molar-refractivity contribution in [3.8, 4) is 5.75 Å². The van der Waals surface area contributed by atoms with E-state index in [2.05, 4.69) is 10.1 Å². The Morgan fingerprint density at radius 3 is 2.40 bits per heavy atom. The molecule has 5 nitrogen and oxygen atoms in total. The summed E-state index contributed by atoms with van der Waals surface area (Å²) in [6, 6.07) is 9.10. The van der Waals surface area contributed by atoms with Crippen molar-refractivity contribution in [3.05, 3.63) is 57.0 Å². The number of carbonyl (C=O) groups is 2. The van der Waals surface area contributed by atoms with Crippen LogP contribution in [0.5, 0.6) is 5.75 Å². The molecule has 1 atom stereocenters. The molecule has 0 aromatic heterocycles. The van der Waals surface area contributed by atoms with Gasteiger partial charge < -0.3 is 14.8 Å². The van der Waals surface area contributed by atoms with E-state index < -0.39 is 18.0 Å². The van der Waals surface area contributed by atoms with Crippen LogP contribution in [0.2, 0.25) is 15.1 Å². The number of halogens is 3. The van der Waals surface area contributed by atoms with Gasteiger partial charge in [0.25, 0.3) is 5.91 Å². The Balaban J connectivity index is 2.12. The molecule has 0 aliphatic rings. The monoisotopic (exact) mass is 401 g/mol. The van der Waals surface area contributed by atoms with Crippen molar-refractivity contribution in [3.63, 3.8) is 0 Å². The Labute approximate surface area is 159 Å². The van der Waals surface area contributed by atoms with Crippen molar-refractivity contribution in [2.24, 2.45) is 0 Å². The second kappa shape index (κ2) is 8.43. The molecule has 0 spiro atoms. The van der Waals surface area contributed by atoms with Crippen LogP contribution in [0.3, 0.4) is 0 Å². The van der Waals surface area contributed by atoms with Crippen molar-refractivity contribution in [2.45, 2.75) is 13.0 Å². The summed E-state index contributed by atoms with van der Waals surface area (Å²) in [4.78, 5) is 23.9. The van der Waals surface area contributed by atoms with Crippen LogP contribution in [0.1, 0.15) is 17.3 Å². The quantitative estimate of drug-likeness (QED) is 0.727. The lowest BCUT2D eigenvalue weighted by Gasteiger charge is -2.16. The number of anilines is 1. The molecule has 132 valence electrons. The number of ether oxygens (including phenoxy) is 2. The zero-order valence-corrected chi connectivity index (χ0v) is 15.6. The van der Waals surface area contributed by atoms with E-state index in [-0.39, 0.29) is 21.3 Å². The van der Waals surface area contributed by atoms with Crippen molar-refractivity contribution < 1.29 is 19.1 Å². The lowest BCUT2D eigenvalue weighted by molar-refractivity contribution is -0.122. The first-order valence-electron chi connectivity index (χ1n) is 7.12. The average molecular weight is 403 g/mol. The van der Waals surface area contributed by atoms with Gasteiger partial charge in [-0.1, -0.05) is 34.8 Å². The molecule has 2 rings (SSSR count). The minimum absolute atomic E-state index is 0.261. The van der Waals surface area contributed by atoms with Crippen LogP contribution in [-0.4, -0.2) is 25.1 Å². The maximum Gasteiger partial charge on any atom is 0.337 e. The van der Waals surface area contributed by atoms with Gasteiger partial charge >= 0.3 is 5.97 Å². The number of rotatable bonds is 5. The van der Waals surface area contributed by atoms with Crippen LogP contribution >= 0.6 is 34.8 Å². The van der Waals surface area contributed by atoms with E-state index in [9.17, 15) is 9.59 Å². The van der Waals surface area contributed by atoms with Gasteiger partial charge in [0.05, 0.1) is 28.4 Å². The Morgan fingerprint density at radius 1 is 1.04 bits per heavy atom. The fourth-order valence-corrected chi connectivity index (χ4v) is 2.53. The van der Waals surface area contributed by atoms with E-state index in [0.29, 0.717) is 10.8 Å². The molecule has 8 heteroatoms. The van der Waals surface area contributed by atoms with Crippen LogP contribution < -0.4 is 10.1 Å². The number of amides is 1. The molecule has 0 aliphatic carbocycles. The van der Waals surface area contributed by atoms with Gasteiger partial charge in [-0.05, 0) is 43.3 Å². The smallest absolute Gasteiger partial charge is 0.337 e. The maximum atomic E-state index is 12.3. The van der Waals surface area contributed by atoms with Gasteiger partial charge in [0.1, 0.15) is 5.75 Å². The summed E-state index contributed by atoms with van der Waals surface area (Å²) in [7, 11) is 1.26. The fraction of sp³-hybridized carbons (Fsp3) is 0.176. The second-order valence-electron chi connectivity index (χ2n) is 5.01. The first kappa shape index (κ1) is 19.4. The summed E-state index contributed by atoms with van der Waals surface area (Å²) in [5.41, 5.74) is 0.531. The molecule has 0 heterocycles. The molecule has 2 aromatic rings. The van der Waals surface area contributed by atoms with Crippen molar-refractivity contribution >= 4 is 52.4 Å². The molecule has 0 aliphatic heterocycles. The summed E-state index contributed by atoms with van der Waals surface area (Å²) in [5.74, 6) is -0.678. The van der Waals surface area contributed by atoms with Gasteiger partial charge in [-0.2, -0.15) is 0 Å². The molecule has 0 bridgehead atoms. The number of esters is 1. The summed E-state index contributed by atoms with van der Waals surface area (Å²) >= 11 is 17.9. The highest BCUT2D eigenvalue weighted by Gasteiger charge is 2.18. The molecule has 0 saturated heterocycles. The van der Waals surface area contributed by atoms with Crippen LogP contribution in [0.4, 0.5) is 5.69 Å². The molecule has 1 N–H and O–H groups in total. The molecule has 25 heavy (non-hydrogen) atoms. The highest BCUT2D eigenvalue weighted by atomic mass is 35.5. The van der Waals surface area contributed by atoms with Crippen molar-refractivity contribution in [1.82, 2.24) is 0 Å². The highest BCUT2D eigenvalue weighted by molar-refractivity contribution is 6.35. The molecule has 0 fully saturated rings. The molecule has 0 saturated carbocycles. The topological polar surface area (TPSA) is 64.6 Å². The number of benzene rings is 2. The third-order valence-electron chi connectivity index (χ3n) is 3.21. The van der Waals surface area contributed by atoms with E-state index in [1.54, 1.807) is 19.1 Å². The van der Waals surface area contributed by atoms with Crippen LogP contribution in [0, 0.1) is 0 Å². The normalized spacial score (nSPS) is 11.6. The third-order valence-corrected chi connectivity index (χ3v) is 4.07. The van der Waals surface area contributed by atoms with E-state index in [4.69, 9.17) is 39.5 Å². The molecular weight excluding hydrogens is 389 g/mol. The Hall–Kier alpha value is -1.95. The molecule has 0 radical (unpaired) electrons. The maximum absolute atomic E-state index is 12.3. The van der Waals surface area contributed by atoms with E-state index >= 15 is 0 Å². The predicted octanol–water partition coefficient (Wildman–Crippen LogP) is 4.84. The first-order valence-corrected chi connectivity index (χ1v) is 8.25. The van der Waals surface area contributed by atoms with Gasteiger partial charge in [0.15, 0.2) is 6.10 Å². The number of carbonyl (C=O) groups excluding carboxylic acids is 2. The molecule has 2 aromatic carbocycles. The minimum Gasteiger partial charge on any atom is -0.479 e. The highest BCUT2D eigenvalue weighted by Crippen LogP contribution is 2.29. The van der Waals surface area contributed by atoms with Gasteiger partial charge in [0.2, 0.25) is 0 Å². The summed E-state index contributed by atoms with van der Waals surface area (Å²) in [6.07, 6.45) is -0.864. The van der Waals surface area contributed by atoms with Crippen LogP contribution in [0.15, 0.2) is 36.4 Å². The largest absolute Gasteiger partial charge is 0.479 e. The average Bonchev–Trinajstić information content (AvgIpc) is 2.58. The summed E-state index contributed by atoms with van der Waals surface area (Å²) < 4.78 is 10.2. The zero-order chi connectivity index (χ0) is 18.6. The SMILES string of the molecule is COC(=O)c1ccc(Cl)c(NC(=O)C(C)Oc2ccc(Cl)cc2Cl)c1. The zero-order valence-electron chi connectivity index (χ0n) is 13.3. The standard InChI is InChI=1S/C17H14Cl3NO4/c1-9(25-15-6-4-11(18)8-13(15)20)16(22)21-14-7-10(17(23)24-2)3-5-12(14)19/h3-9H,1-2H3,(H,21,22). The number of nitrogens with one attached hydrogen (secondary N) is 1. The first-order chi connectivity index (χ1) is 11.8. The molecule has 1 amide bonds. The fourth-order valence-electron chi connectivity index (χ4n) is 1.92. The lowest BCUT2D eigenvalue weighted by Crippen LogP contribution is -2.30.